The molecule has 1 atom stereocenters. The molecule has 0 saturated carbocycles. The van der Waals surface area contributed by atoms with E-state index in [-0.39, 0.29) is 0 Å². The molecule has 0 aliphatic carbocycles. The number of pyridine rings is 1. The maximum atomic E-state index is 12.4. The average molecular weight is 560 g/mol. The minimum atomic E-state index is -1.50. The summed E-state index contributed by atoms with van der Waals surface area (Å²) in [5.41, 5.74) is 4.60. The van der Waals surface area contributed by atoms with Gasteiger partial charge in [0.2, 0.25) is 0 Å². The predicted octanol–water partition coefficient (Wildman–Crippen LogP) is 7.63. The SMILES string of the molecule is Cn1cncc1C(O)(c1ccc(Cl)cc1)c1ccc2nc(C#Cc3ccccc3)cc(-c3cccc(Cl)c3)c2c1. The molecular weight excluding hydrogens is 537 g/mol. The highest BCUT2D eigenvalue weighted by atomic mass is 35.5. The molecular formula is C34H23Cl2N3O. The van der Waals surface area contributed by atoms with Crippen LogP contribution in [-0.4, -0.2) is 19.6 Å². The van der Waals surface area contributed by atoms with E-state index in [9.17, 15) is 5.11 Å². The van der Waals surface area contributed by atoms with Crippen LogP contribution in [0.2, 0.25) is 10.0 Å². The van der Waals surface area contributed by atoms with Gasteiger partial charge in [-0.15, -0.1) is 0 Å². The molecule has 0 fully saturated rings. The third kappa shape index (κ3) is 4.87. The van der Waals surface area contributed by atoms with Gasteiger partial charge in [-0.05, 0) is 82.8 Å². The molecule has 0 radical (unpaired) electrons. The maximum absolute atomic E-state index is 12.4. The molecule has 194 valence electrons. The van der Waals surface area contributed by atoms with E-state index in [1.54, 1.807) is 24.7 Å². The van der Waals surface area contributed by atoms with Crippen LogP contribution < -0.4 is 0 Å². The van der Waals surface area contributed by atoms with Gasteiger partial charge in [-0.2, -0.15) is 0 Å². The number of hydrogen-bond acceptors (Lipinski definition) is 3. The number of imidazole rings is 1. The molecule has 4 nitrogen and oxygen atoms in total. The van der Waals surface area contributed by atoms with Crippen LogP contribution in [0.3, 0.4) is 0 Å². The third-order valence-corrected chi connectivity index (χ3v) is 7.41. The summed E-state index contributed by atoms with van der Waals surface area (Å²) in [7, 11) is 1.86. The molecule has 0 aliphatic heterocycles. The van der Waals surface area contributed by atoms with Crippen LogP contribution in [0.25, 0.3) is 22.0 Å². The Morgan fingerprint density at radius 3 is 2.27 bits per heavy atom. The highest BCUT2D eigenvalue weighted by Crippen LogP contribution is 2.40. The number of aryl methyl sites for hydroxylation is 1. The Morgan fingerprint density at radius 2 is 1.55 bits per heavy atom. The van der Waals surface area contributed by atoms with Crippen LogP contribution in [0.15, 0.2) is 116 Å². The van der Waals surface area contributed by atoms with Crippen molar-refractivity contribution in [2.45, 2.75) is 5.60 Å². The Balaban J connectivity index is 1.59. The zero-order valence-corrected chi connectivity index (χ0v) is 23.0. The molecule has 0 bridgehead atoms. The van der Waals surface area contributed by atoms with Crippen molar-refractivity contribution in [3.8, 4) is 23.0 Å². The van der Waals surface area contributed by atoms with Crippen LogP contribution in [0, 0.1) is 11.8 Å². The van der Waals surface area contributed by atoms with Crippen LogP contribution in [0.4, 0.5) is 0 Å². The van der Waals surface area contributed by atoms with Crippen molar-refractivity contribution in [3.63, 3.8) is 0 Å². The van der Waals surface area contributed by atoms with Gasteiger partial charge in [0.15, 0.2) is 5.60 Å². The summed E-state index contributed by atoms with van der Waals surface area (Å²) in [5.74, 6) is 6.42. The minimum absolute atomic E-state index is 0.589. The van der Waals surface area contributed by atoms with Crippen molar-refractivity contribution in [1.29, 1.82) is 0 Å². The molecule has 1 N–H and O–H groups in total. The lowest BCUT2D eigenvalue weighted by atomic mass is 9.82. The van der Waals surface area contributed by atoms with E-state index in [0.29, 0.717) is 32.6 Å². The number of rotatable bonds is 4. The van der Waals surface area contributed by atoms with E-state index in [4.69, 9.17) is 28.2 Å². The molecule has 2 aromatic heterocycles. The topological polar surface area (TPSA) is 50.9 Å². The maximum Gasteiger partial charge on any atom is 0.156 e. The first kappa shape index (κ1) is 25.9. The molecule has 2 heterocycles. The Bertz CT molecular complexity index is 1900. The average Bonchev–Trinajstić information content (AvgIpc) is 3.42. The van der Waals surface area contributed by atoms with Crippen molar-refractivity contribution in [3.05, 3.63) is 154 Å². The summed E-state index contributed by atoms with van der Waals surface area (Å²) < 4.78 is 1.82. The van der Waals surface area contributed by atoms with Crippen molar-refractivity contribution in [2.24, 2.45) is 7.05 Å². The van der Waals surface area contributed by atoms with Gasteiger partial charge in [0.05, 0.1) is 23.7 Å². The summed E-state index contributed by atoms with van der Waals surface area (Å²) in [5, 5.41) is 14.5. The lowest BCUT2D eigenvalue weighted by Crippen LogP contribution is -2.31. The molecule has 0 spiro atoms. The van der Waals surface area contributed by atoms with Gasteiger partial charge >= 0.3 is 0 Å². The molecule has 0 saturated heterocycles. The molecule has 0 aliphatic rings. The van der Waals surface area contributed by atoms with E-state index in [2.05, 4.69) is 16.8 Å². The second-order valence-corrected chi connectivity index (χ2v) is 10.4. The number of benzene rings is 4. The van der Waals surface area contributed by atoms with E-state index >= 15 is 0 Å². The number of aliphatic hydroxyl groups is 1. The fourth-order valence-corrected chi connectivity index (χ4v) is 5.24. The highest BCUT2D eigenvalue weighted by Gasteiger charge is 2.37. The number of aromatic nitrogens is 3. The molecule has 40 heavy (non-hydrogen) atoms. The van der Waals surface area contributed by atoms with Crippen LogP contribution >= 0.6 is 23.2 Å². The monoisotopic (exact) mass is 559 g/mol. The lowest BCUT2D eigenvalue weighted by molar-refractivity contribution is 0.117. The smallest absolute Gasteiger partial charge is 0.156 e. The number of nitrogens with zero attached hydrogens (tertiary/aromatic N) is 3. The van der Waals surface area contributed by atoms with E-state index in [0.717, 1.165) is 27.6 Å². The van der Waals surface area contributed by atoms with Gasteiger partial charge in [-0.3, -0.25) is 0 Å². The normalized spacial score (nSPS) is 12.5. The third-order valence-electron chi connectivity index (χ3n) is 6.92. The highest BCUT2D eigenvalue weighted by molar-refractivity contribution is 6.31. The van der Waals surface area contributed by atoms with Gasteiger partial charge in [0.1, 0.15) is 5.69 Å². The number of halogens is 2. The van der Waals surface area contributed by atoms with Gasteiger partial charge in [-0.1, -0.05) is 77.7 Å². The Morgan fingerprint density at radius 1 is 0.775 bits per heavy atom. The zero-order chi connectivity index (χ0) is 27.7. The summed E-state index contributed by atoms with van der Waals surface area (Å²) in [6.07, 6.45) is 3.35. The zero-order valence-electron chi connectivity index (χ0n) is 21.5. The molecule has 6 rings (SSSR count). The van der Waals surface area contributed by atoms with Crippen molar-refractivity contribution >= 4 is 34.1 Å². The van der Waals surface area contributed by atoms with Gasteiger partial charge in [0.25, 0.3) is 0 Å². The van der Waals surface area contributed by atoms with E-state index < -0.39 is 5.60 Å². The van der Waals surface area contributed by atoms with Crippen molar-refractivity contribution in [2.75, 3.05) is 0 Å². The minimum Gasteiger partial charge on any atom is -0.374 e. The molecule has 4 aromatic carbocycles. The molecule has 1 unspecified atom stereocenters. The lowest BCUT2D eigenvalue weighted by Gasteiger charge is -2.30. The first-order valence-corrected chi connectivity index (χ1v) is 13.4. The first-order valence-electron chi connectivity index (χ1n) is 12.7. The van der Waals surface area contributed by atoms with Crippen LogP contribution in [0.1, 0.15) is 28.1 Å². The number of hydrogen-bond donors (Lipinski definition) is 1. The van der Waals surface area contributed by atoms with E-state index in [1.807, 2.05) is 103 Å². The molecule has 6 aromatic rings. The molecule has 6 heteroatoms. The first-order chi connectivity index (χ1) is 19.4. The quantitative estimate of drug-likeness (QED) is 0.226. The van der Waals surface area contributed by atoms with Gasteiger partial charge in [-0.25, -0.2) is 9.97 Å². The fourth-order valence-electron chi connectivity index (χ4n) is 4.93. The van der Waals surface area contributed by atoms with Gasteiger partial charge < -0.3 is 9.67 Å². The summed E-state index contributed by atoms with van der Waals surface area (Å²) >= 11 is 12.6. The van der Waals surface area contributed by atoms with Crippen molar-refractivity contribution in [1.82, 2.24) is 14.5 Å². The number of fused-ring (bicyclic) bond motifs is 1. The second kappa shape index (κ2) is 10.6. The van der Waals surface area contributed by atoms with Crippen LogP contribution in [-0.2, 0) is 12.6 Å². The Labute approximate surface area is 242 Å². The van der Waals surface area contributed by atoms with Crippen molar-refractivity contribution < 1.29 is 5.11 Å². The summed E-state index contributed by atoms with van der Waals surface area (Å²) in [6.45, 7) is 0. The van der Waals surface area contributed by atoms with E-state index in [1.165, 1.54) is 0 Å². The predicted molar refractivity (Wildman–Crippen MR) is 161 cm³/mol. The standard InChI is InChI=1S/C34H23Cl2N3O/c1-39-22-37-21-33(39)34(40,25-11-14-27(35)15-12-25)26-13-17-32-31(19-26)30(24-8-5-9-28(36)18-24)20-29(38-32)16-10-23-6-3-2-4-7-23/h2-9,11-15,17-22,40H,1H3. The Hall–Kier alpha value is -4.40. The largest absolute Gasteiger partial charge is 0.374 e. The Kier molecular flexibility index (Phi) is 6.88. The summed E-state index contributed by atoms with van der Waals surface area (Å²) in [4.78, 5) is 9.15. The van der Waals surface area contributed by atoms with Gasteiger partial charge in [0, 0.05) is 28.0 Å². The van der Waals surface area contributed by atoms with Crippen LogP contribution in [0.5, 0.6) is 0 Å². The molecule has 0 amide bonds. The summed E-state index contributed by atoms with van der Waals surface area (Å²) in [6, 6.07) is 32.5. The fraction of sp³-hybridized carbons (Fsp3) is 0.0588. The second-order valence-electron chi connectivity index (χ2n) is 9.52.